The minimum absolute atomic E-state index is 0.765. The van der Waals surface area contributed by atoms with Gasteiger partial charge in [0.1, 0.15) is 11.5 Å². The fourth-order valence-corrected chi connectivity index (χ4v) is 3.33. The molecule has 25 heavy (non-hydrogen) atoms. The third kappa shape index (κ3) is 3.64. The van der Waals surface area contributed by atoms with Crippen LogP contribution in [0.15, 0.2) is 53.7 Å². The molecular formula is C19H21N3O2S. The lowest BCUT2D eigenvalue weighted by Crippen LogP contribution is -2.01. The third-order valence-electron chi connectivity index (χ3n) is 3.75. The van der Waals surface area contributed by atoms with Crippen molar-refractivity contribution in [2.24, 2.45) is 0 Å². The first-order valence-corrected chi connectivity index (χ1v) is 9.13. The van der Waals surface area contributed by atoms with Gasteiger partial charge in [0.05, 0.1) is 25.5 Å². The Labute approximate surface area is 152 Å². The van der Waals surface area contributed by atoms with Gasteiger partial charge in [-0.2, -0.15) is 0 Å². The average Bonchev–Trinajstić information content (AvgIpc) is 3.10. The van der Waals surface area contributed by atoms with Crippen molar-refractivity contribution in [1.82, 2.24) is 14.8 Å². The summed E-state index contributed by atoms with van der Waals surface area (Å²) in [5, 5.41) is 9.73. The van der Waals surface area contributed by atoms with Gasteiger partial charge in [0.15, 0.2) is 11.0 Å². The molecule has 0 amide bonds. The Morgan fingerprint density at radius 1 is 0.960 bits per heavy atom. The molecule has 0 bridgehead atoms. The zero-order valence-corrected chi connectivity index (χ0v) is 15.4. The molecule has 130 valence electrons. The number of ether oxygens (including phenoxy) is 2. The van der Waals surface area contributed by atoms with Crippen molar-refractivity contribution in [2.45, 2.75) is 18.5 Å². The molecule has 0 radical (unpaired) electrons. The van der Waals surface area contributed by atoms with Crippen LogP contribution in [0.4, 0.5) is 0 Å². The van der Waals surface area contributed by atoms with Crippen molar-refractivity contribution in [1.29, 1.82) is 0 Å². The Kier molecular flexibility index (Phi) is 5.60. The van der Waals surface area contributed by atoms with Gasteiger partial charge in [-0.15, -0.1) is 10.2 Å². The highest BCUT2D eigenvalue weighted by Gasteiger charge is 2.18. The molecule has 1 heterocycles. The van der Waals surface area contributed by atoms with Gasteiger partial charge < -0.3 is 9.47 Å². The first-order chi connectivity index (χ1) is 12.3. The van der Waals surface area contributed by atoms with E-state index in [9.17, 15) is 0 Å². The molecule has 0 aliphatic rings. The molecule has 0 fully saturated rings. The monoisotopic (exact) mass is 355 g/mol. The van der Waals surface area contributed by atoms with Gasteiger partial charge in [0, 0.05) is 5.75 Å². The second kappa shape index (κ2) is 8.07. The molecule has 2 aromatic carbocycles. The van der Waals surface area contributed by atoms with E-state index in [-0.39, 0.29) is 0 Å². The summed E-state index contributed by atoms with van der Waals surface area (Å²) in [6, 6.07) is 15.8. The minimum Gasteiger partial charge on any atom is -0.497 e. The van der Waals surface area contributed by atoms with E-state index in [0.717, 1.165) is 45.9 Å². The zero-order chi connectivity index (χ0) is 17.6. The number of rotatable bonds is 7. The summed E-state index contributed by atoms with van der Waals surface area (Å²) in [4.78, 5) is 0. The fourth-order valence-electron chi connectivity index (χ4n) is 2.52. The predicted molar refractivity (Wildman–Crippen MR) is 101 cm³/mol. The first-order valence-electron chi connectivity index (χ1n) is 8.14. The lowest BCUT2D eigenvalue weighted by Gasteiger charge is -2.12. The van der Waals surface area contributed by atoms with Crippen LogP contribution in [0.25, 0.3) is 17.1 Å². The summed E-state index contributed by atoms with van der Waals surface area (Å²) < 4.78 is 12.8. The molecule has 0 aliphatic carbocycles. The molecule has 0 spiro atoms. The fraction of sp³-hybridized carbons (Fsp3) is 0.263. The lowest BCUT2D eigenvalue weighted by molar-refractivity contribution is 0.414. The average molecular weight is 355 g/mol. The Morgan fingerprint density at radius 3 is 2.40 bits per heavy atom. The number of para-hydroxylation sites is 1. The van der Waals surface area contributed by atoms with Crippen LogP contribution in [-0.4, -0.2) is 34.7 Å². The first kappa shape index (κ1) is 17.4. The molecule has 6 heteroatoms. The van der Waals surface area contributed by atoms with Gasteiger partial charge in [-0.3, -0.25) is 4.57 Å². The van der Waals surface area contributed by atoms with Crippen molar-refractivity contribution in [3.63, 3.8) is 0 Å². The van der Waals surface area contributed by atoms with Crippen LogP contribution in [0.5, 0.6) is 11.5 Å². The summed E-state index contributed by atoms with van der Waals surface area (Å²) in [6.07, 6.45) is 1.07. The Morgan fingerprint density at radius 2 is 1.72 bits per heavy atom. The van der Waals surface area contributed by atoms with Gasteiger partial charge in [-0.1, -0.05) is 30.8 Å². The number of hydrogen-bond acceptors (Lipinski definition) is 5. The van der Waals surface area contributed by atoms with Gasteiger partial charge in [-0.25, -0.2) is 0 Å². The number of benzene rings is 2. The van der Waals surface area contributed by atoms with E-state index in [1.807, 2.05) is 48.5 Å². The van der Waals surface area contributed by atoms with E-state index in [0.29, 0.717) is 0 Å². The summed E-state index contributed by atoms with van der Waals surface area (Å²) in [5.41, 5.74) is 1.90. The van der Waals surface area contributed by atoms with Gasteiger partial charge in [0.2, 0.25) is 0 Å². The van der Waals surface area contributed by atoms with Crippen LogP contribution in [-0.2, 0) is 0 Å². The van der Waals surface area contributed by atoms with Crippen LogP contribution < -0.4 is 9.47 Å². The maximum absolute atomic E-state index is 5.51. The highest BCUT2D eigenvalue weighted by molar-refractivity contribution is 7.99. The van der Waals surface area contributed by atoms with Gasteiger partial charge in [-0.05, 0) is 42.8 Å². The Bertz CT molecular complexity index is 831. The molecule has 0 atom stereocenters. The largest absolute Gasteiger partial charge is 0.497 e. The highest BCUT2D eigenvalue weighted by Crippen LogP contribution is 2.33. The zero-order valence-electron chi connectivity index (χ0n) is 14.6. The second-order valence-electron chi connectivity index (χ2n) is 5.39. The minimum atomic E-state index is 0.765. The lowest BCUT2D eigenvalue weighted by atomic mass is 10.2. The van der Waals surface area contributed by atoms with Crippen LogP contribution in [0.2, 0.25) is 0 Å². The highest BCUT2D eigenvalue weighted by atomic mass is 32.2. The quantitative estimate of drug-likeness (QED) is 0.586. The van der Waals surface area contributed by atoms with Crippen LogP contribution >= 0.6 is 11.8 Å². The molecule has 3 rings (SSSR count). The molecule has 0 saturated carbocycles. The number of nitrogens with zero attached hydrogens (tertiary/aromatic N) is 3. The van der Waals surface area contributed by atoms with Gasteiger partial charge >= 0.3 is 0 Å². The molecule has 0 saturated heterocycles. The maximum Gasteiger partial charge on any atom is 0.196 e. The van der Waals surface area contributed by atoms with Crippen LogP contribution in [0.3, 0.4) is 0 Å². The van der Waals surface area contributed by atoms with Crippen molar-refractivity contribution >= 4 is 11.8 Å². The van der Waals surface area contributed by atoms with Crippen molar-refractivity contribution in [3.8, 4) is 28.6 Å². The smallest absolute Gasteiger partial charge is 0.196 e. The summed E-state index contributed by atoms with van der Waals surface area (Å²) in [6.45, 7) is 2.15. The van der Waals surface area contributed by atoms with E-state index < -0.39 is 0 Å². The number of aromatic nitrogens is 3. The van der Waals surface area contributed by atoms with E-state index in [2.05, 4.69) is 21.7 Å². The van der Waals surface area contributed by atoms with Gasteiger partial charge in [0.25, 0.3) is 0 Å². The molecule has 0 N–H and O–H groups in total. The van der Waals surface area contributed by atoms with Crippen molar-refractivity contribution in [3.05, 3.63) is 48.5 Å². The summed E-state index contributed by atoms with van der Waals surface area (Å²) in [5.74, 6) is 3.34. The van der Waals surface area contributed by atoms with E-state index >= 15 is 0 Å². The number of methoxy groups -OCH3 is 2. The molecule has 1 aromatic heterocycles. The topological polar surface area (TPSA) is 49.2 Å². The number of hydrogen-bond donors (Lipinski definition) is 0. The normalized spacial score (nSPS) is 10.7. The molecule has 0 unspecified atom stereocenters. The molecular weight excluding hydrogens is 334 g/mol. The van der Waals surface area contributed by atoms with E-state index in [4.69, 9.17) is 9.47 Å². The van der Waals surface area contributed by atoms with Crippen molar-refractivity contribution < 1.29 is 9.47 Å². The van der Waals surface area contributed by atoms with E-state index in [1.165, 1.54) is 0 Å². The maximum atomic E-state index is 5.51. The second-order valence-corrected chi connectivity index (χ2v) is 6.45. The number of thioether (sulfide) groups is 1. The third-order valence-corrected chi connectivity index (χ3v) is 4.88. The summed E-state index contributed by atoms with van der Waals surface area (Å²) >= 11 is 1.70. The predicted octanol–water partition coefficient (Wildman–Crippen LogP) is 4.45. The van der Waals surface area contributed by atoms with E-state index in [1.54, 1.807) is 26.0 Å². The SMILES string of the molecule is CCCSc1nnc(-c2ccccc2OC)n1-c1ccc(OC)cc1. The molecule has 3 aromatic rings. The molecule has 5 nitrogen and oxygen atoms in total. The Hall–Kier alpha value is -2.47. The molecule has 0 aliphatic heterocycles. The standard InChI is InChI=1S/C19H21N3O2S/c1-4-13-25-19-21-20-18(16-7-5-6-8-17(16)24-3)22(19)14-9-11-15(23-2)12-10-14/h5-12H,4,13H2,1-3H3. The Balaban J connectivity index is 2.13. The van der Waals surface area contributed by atoms with Crippen LogP contribution in [0.1, 0.15) is 13.3 Å². The van der Waals surface area contributed by atoms with Crippen molar-refractivity contribution in [2.75, 3.05) is 20.0 Å². The van der Waals surface area contributed by atoms with Crippen LogP contribution in [0, 0.1) is 0 Å². The summed E-state index contributed by atoms with van der Waals surface area (Å²) in [7, 11) is 3.33.